The van der Waals surface area contributed by atoms with Crippen LogP contribution in [0.5, 0.6) is 0 Å². The van der Waals surface area contributed by atoms with Crippen molar-refractivity contribution in [3.05, 3.63) is 0 Å². The van der Waals surface area contributed by atoms with Crippen molar-refractivity contribution in [1.29, 1.82) is 5.26 Å². The van der Waals surface area contributed by atoms with E-state index < -0.39 is 0 Å². The van der Waals surface area contributed by atoms with E-state index in [1.165, 1.54) is 6.92 Å². The van der Waals surface area contributed by atoms with Gasteiger partial charge in [-0.05, 0) is 0 Å². The van der Waals surface area contributed by atoms with Gasteiger partial charge in [0.1, 0.15) is 0 Å². The molecule has 0 spiro atoms. The van der Waals surface area contributed by atoms with E-state index in [4.69, 9.17) is 5.26 Å². The summed E-state index contributed by atoms with van der Waals surface area (Å²) in [6, 6.07) is 1.75. The van der Waals surface area contributed by atoms with Crippen molar-refractivity contribution < 1.29 is 21.1 Å². The van der Waals surface area contributed by atoms with Crippen LogP contribution in [0.3, 0.4) is 0 Å². The minimum Gasteiger partial charge on any atom is -0.199 e. The molecule has 1 nitrogen and oxygen atoms in total. The van der Waals surface area contributed by atoms with Gasteiger partial charge in [-0.25, -0.2) is 0 Å². The number of rotatable bonds is 0. The van der Waals surface area contributed by atoms with Gasteiger partial charge >= 0.3 is 21.1 Å². The number of nitriles is 1. The molecule has 0 amide bonds. The summed E-state index contributed by atoms with van der Waals surface area (Å²) >= 11 is 0. The molecule has 4 heavy (non-hydrogen) atoms. The van der Waals surface area contributed by atoms with Crippen molar-refractivity contribution in [2.45, 2.75) is 6.92 Å². The molecule has 0 bridgehead atoms. The van der Waals surface area contributed by atoms with Crippen LogP contribution in [0.25, 0.3) is 0 Å². The fourth-order valence-electron chi connectivity index (χ4n) is 0. The molecule has 0 rings (SSSR count). The first-order valence-corrected chi connectivity index (χ1v) is 0.724. The molecule has 0 heterocycles. The van der Waals surface area contributed by atoms with Gasteiger partial charge in [-0.1, -0.05) is 0 Å². The van der Waals surface area contributed by atoms with Crippen LogP contribution in [0.1, 0.15) is 6.92 Å². The van der Waals surface area contributed by atoms with Crippen LogP contribution in [0.2, 0.25) is 0 Å². The van der Waals surface area contributed by atoms with E-state index in [0.717, 1.165) is 0 Å². The molecule has 2 heteroatoms. The van der Waals surface area contributed by atoms with Gasteiger partial charge in [0.15, 0.2) is 0 Å². The van der Waals surface area contributed by atoms with Crippen molar-refractivity contribution in [3.8, 4) is 6.07 Å². The van der Waals surface area contributed by atoms with Crippen molar-refractivity contribution in [1.82, 2.24) is 0 Å². The van der Waals surface area contributed by atoms with Gasteiger partial charge in [0.25, 0.3) is 0 Å². The van der Waals surface area contributed by atoms with Gasteiger partial charge in [-0.3, -0.25) is 0 Å². The Balaban J connectivity index is 0. The quantitative estimate of drug-likeness (QED) is 0.601. The van der Waals surface area contributed by atoms with Crippen molar-refractivity contribution >= 4 is 0 Å². The molecule has 0 N–H and O–H groups in total. The maximum atomic E-state index is 7.32. The SMILES string of the molecule is CC#N.[Pt+2]. The van der Waals surface area contributed by atoms with Crippen LogP contribution in [0.15, 0.2) is 0 Å². The molecule has 0 aliphatic rings. The fraction of sp³-hybridized carbons (Fsp3) is 0.500. The number of hydrogen-bond donors (Lipinski definition) is 0. The van der Waals surface area contributed by atoms with Crippen molar-refractivity contribution in [2.75, 3.05) is 0 Å². The van der Waals surface area contributed by atoms with E-state index in [9.17, 15) is 0 Å². The molecular formula is C2H3NPt+2. The molecule has 0 radical (unpaired) electrons. The van der Waals surface area contributed by atoms with E-state index >= 15 is 0 Å². The van der Waals surface area contributed by atoms with E-state index in [0.29, 0.717) is 0 Å². The van der Waals surface area contributed by atoms with Crippen molar-refractivity contribution in [2.24, 2.45) is 0 Å². The van der Waals surface area contributed by atoms with Gasteiger partial charge in [0.05, 0.1) is 6.07 Å². The molecular weight excluding hydrogens is 233 g/mol. The molecule has 24 valence electrons. The Morgan fingerprint density at radius 2 is 1.75 bits per heavy atom. The second-order valence-corrected chi connectivity index (χ2v) is 0.224. The van der Waals surface area contributed by atoms with Crippen LogP contribution in [0, 0.1) is 11.3 Å². The summed E-state index contributed by atoms with van der Waals surface area (Å²) in [5.74, 6) is 0. The monoisotopic (exact) mass is 236 g/mol. The zero-order valence-electron chi connectivity index (χ0n) is 2.26. The standard InChI is InChI=1S/C2H3N.Pt/c1-2-3;/h1H3;/q;+2. The molecule has 0 aliphatic heterocycles. The number of hydrogen-bond acceptors (Lipinski definition) is 1. The molecule has 0 aromatic rings. The Kier molecular flexibility index (Phi) is 24.2. The zero-order valence-corrected chi connectivity index (χ0v) is 4.54. The van der Waals surface area contributed by atoms with E-state index in [2.05, 4.69) is 0 Å². The average molecular weight is 236 g/mol. The summed E-state index contributed by atoms with van der Waals surface area (Å²) in [6.45, 7) is 1.43. The minimum atomic E-state index is 0. The summed E-state index contributed by atoms with van der Waals surface area (Å²) in [5, 5.41) is 7.32. The molecule has 0 saturated heterocycles. The van der Waals surface area contributed by atoms with Gasteiger partial charge in [0, 0.05) is 6.92 Å². The maximum absolute atomic E-state index is 7.32. The van der Waals surface area contributed by atoms with Crippen LogP contribution in [0.4, 0.5) is 0 Å². The predicted molar refractivity (Wildman–Crippen MR) is 11.3 cm³/mol. The smallest absolute Gasteiger partial charge is 0.199 e. The average Bonchev–Trinajstić information content (AvgIpc) is 0.918. The normalized spacial score (nSPS) is 2.00. The third-order valence-electron chi connectivity index (χ3n) is 0. The fourth-order valence-corrected chi connectivity index (χ4v) is 0. The largest absolute Gasteiger partial charge is 2.00 e. The Bertz CT molecular complexity index is 27.5. The Labute approximate surface area is 39.9 Å². The van der Waals surface area contributed by atoms with Crippen LogP contribution in [-0.4, -0.2) is 0 Å². The van der Waals surface area contributed by atoms with E-state index in [1.54, 1.807) is 6.07 Å². The molecule has 0 aliphatic carbocycles. The van der Waals surface area contributed by atoms with E-state index in [1.807, 2.05) is 0 Å². The zero-order chi connectivity index (χ0) is 2.71. The van der Waals surface area contributed by atoms with Gasteiger partial charge in [-0.15, -0.1) is 0 Å². The van der Waals surface area contributed by atoms with E-state index in [-0.39, 0.29) is 21.1 Å². The summed E-state index contributed by atoms with van der Waals surface area (Å²) < 4.78 is 0. The first-order valence-electron chi connectivity index (χ1n) is 0.724. The summed E-state index contributed by atoms with van der Waals surface area (Å²) in [6.07, 6.45) is 0. The molecule has 0 aromatic heterocycles. The molecule has 0 fully saturated rings. The van der Waals surface area contributed by atoms with Gasteiger partial charge < -0.3 is 0 Å². The second-order valence-electron chi connectivity index (χ2n) is 0.224. The first kappa shape index (κ1) is 8.90. The second kappa shape index (κ2) is 10.9. The minimum absolute atomic E-state index is 0. The van der Waals surface area contributed by atoms with Gasteiger partial charge in [-0.2, -0.15) is 5.26 Å². The Morgan fingerprint density at radius 1 is 1.75 bits per heavy atom. The Hall–Kier alpha value is 0.178. The van der Waals surface area contributed by atoms with Crippen molar-refractivity contribution in [3.63, 3.8) is 0 Å². The molecule has 0 unspecified atom stereocenters. The molecule has 0 aromatic carbocycles. The molecule has 0 saturated carbocycles. The Morgan fingerprint density at radius 3 is 1.75 bits per heavy atom. The predicted octanol–water partition coefficient (Wildman–Crippen LogP) is 0.527. The topological polar surface area (TPSA) is 23.8 Å². The van der Waals surface area contributed by atoms with Crippen LogP contribution >= 0.6 is 0 Å². The van der Waals surface area contributed by atoms with Gasteiger partial charge in [0.2, 0.25) is 0 Å². The first-order chi connectivity index (χ1) is 1.41. The summed E-state index contributed by atoms with van der Waals surface area (Å²) in [7, 11) is 0. The number of nitrogens with zero attached hydrogens (tertiary/aromatic N) is 1. The third-order valence-corrected chi connectivity index (χ3v) is 0. The third kappa shape index (κ3) is 95.1. The molecule has 0 atom stereocenters. The van der Waals surface area contributed by atoms with Crippen LogP contribution < -0.4 is 0 Å². The summed E-state index contributed by atoms with van der Waals surface area (Å²) in [5.41, 5.74) is 0. The maximum Gasteiger partial charge on any atom is 2.00 e. The van der Waals surface area contributed by atoms with Crippen LogP contribution in [-0.2, 0) is 21.1 Å². The summed E-state index contributed by atoms with van der Waals surface area (Å²) in [4.78, 5) is 0.